The van der Waals surface area contributed by atoms with Gasteiger partial charge in [-0.25, -0.2) is 0 Å². The molecule has 1 saturated heterocycles. The SMILES string of the molecule is CCC1(CC)O[C@H]1C=O. The third-order valence-electron chi connectivity index (χ3n) is 2.14. The molecule has 0 bridgehead atoms. The van der Waals surface area contributed by atoms with E-state index in [1.54, 1.807) is 0 Å². The lowest BCUT2D eigenvalue weighted by molar-refractivity contribution is -0.108. The lowest BCUT2D eigenvalue weighted by Crippen LogP contribution is -2.12. The minimum absolute atomic E-state index is 0.0677. The molecule has 1 fully saturated rings. The molecule has 0 saturated carbocycles. The Kier molecular flexibility index (Phi) is 1.58. The molecule has 0 aromatic heterocycles. The van der Waals surface area contributed by atoms with Crippen molar-refractivity contribution in [2.75, 3.05) is 0 Å². The molecule has 1 aliphatic heterocycles. The summed E-state index contributed by atoms with van der Waals surface area (Å²) in [6.45, 7) is 4.10. The van der Waals surface area contributed by atoms with Gasteiger partial charge in [-0.15, -0.1) is 0 Å². The van der Waals surface area contributed by atoms with Crippen molar-refractivity contribution in [2.45, 2.75) is 38.4 Å². The van der Waals surface area contributed by atoms with Crippen LogP contribution in [-0.4, -0.2) is 18.0 Å². The first kappa shape index (κ1) is 6.75. The first-order valence-corrected chi connectivity index (χ1v) is 3.42. The van der Waals surface area contributed by atoms with Crippen LogP contribution in [0.4, 0.5) is 0 Å². The van der Waals surface area contributed by atoms with Crippen LogP contribution in [-0.2, 0) is 9.53 Å². The third-order valence-corrected chi connectivity index (χ3v) is 2.14. The highest BCUT2D eigenvalue weighted by Gasteiger charge is 2.53. The Morgan fingerprint density at radius 2 is 2.11 bits per heavy atom. The summed E-state index contributed by atoms with van der Waals surface area (Å²) in [4.78, 5) is 10.2. The summed E-state index contributed by atoms with van der Waals surface area (Å²) in [5.41, 5.74) is -0.0677. The molecule has 1 aliphatic rings. The van der Waals surface area contributed by atoms with Crippen molar-refractivity contribution in [1.29, 1.82) is 0 Å². The molecule has 52 valence electrons. The predicted octanol–water partition coefficient (Wildman–Crippen LogP) is 1.14. The molecule has 0 spiro atoms. The maximum atomic E-state index is 10.2. The quantitative estimate of drug-likeness (QED) is 0.421. The van der Waals surface area contributed by atoms with Gasteiger partial charge in [0.2, 0.25) is 0 Å². The minimum Gasteiger partial charge on any atom is -0.358 e. The van der Waals surface area contributed by atoms with Gasteiger partial charge in [0.05, 0.1) is 0 Å². The van der Waals surface area contributed by atoms with E-state index in [1.165, 1.54) is 0 Å². The molecular formula is C7H12O2. The number of hydrogen-bond acceptors (Lipinski definition) is 2. The van der Waals surface area contributed by atoms with E-state index in [1.807, 2.05) is 13.8 Å². The van der Waals surface area contributed by atoms with Crippen LogP contribution in [0.15, 0.2) is 0 Å². The number of hydrogen-bond donors (Lipinski definition) is 0. The van der Waals surface area contributed by atoms with Crippen LogP contribution in [0, 0.1) is 0 Å². The smallest absolute Gasteiger partial charge is 0.151 e. The van der Waals surface area contributed by atoms with Crippen molar-refractivity contribution in [1.82, 2.24) is 0 Å². The van der Waals surface area contributed by atoms with Gasteiger partial charge in [0.25, 0.3) is 0 Å². The van der Waals surface area contributed by atoms with Crippen molar-refractivity contribution in [3.05, 3.63) is 0 Å². The van der Waals surface area contributed by atoms with E-state index >= 15 is 0 Å². The van der Waals surface area contributed by atoms with Gasteiger partial charge in [-0.1, -0.05) is 13.8 Å². The van der Waals surface area contributed by atoms with E-state index in [2.05, 4.69) is 0 Å². The fourth-order valence-corrected chi connectivity index (χ4v) is 1.19. The highest BCUT2D eigenvalue weighted by Crippen LogP contribution is 2.40. The molecule has 1 heterocycles. The predicted molar refractivity (Wildman–Crippen MR) is 34.2 cm³/mol. The van der Waals surface area contributed by atoms with Crippen LogP contribution in [0.2, 0.25) is 0 Å². The van der Waals surface area contributed by atoms with Crippen LogP contribution < -0.4 is 0 Å². The van der Waals surface area contributed by atoms with E-state index < -0.39 is 0 Å². The van der Waals surface area contributed by atoms with E-state index in [0.717, 1.165) is 19.1 Å². The minimum atomic E-state index is -0.104. The average Bonchev–Trinajstić information content (AvgIpc) is 2.63. The zero-order valence-electron chi connectivity index (χ0n) is 5.89. The maximum Gasteiger partial charge on any atom is 0.151 e. The summed E-state index contributed by atoms with van der Waals surface area (Å²) < 4.78 is 5.18. The molecule has 0 aliphatic carbocycles. The van der Waals surface area contributed by atoms with Crippen LogP contribution in [0.1, 0.15) is 26.7 Å². The van der Waals surface area contributed by atoms with Crippen LogP contribution >= 0.6 is 0 Å². The van der Waals surface area contributed by atoms with Gasteiger partial charge < -0.3 is 9.53 Å². The van der Waals surface area contributed by atoms with Crippen molar-refractivity contribution >= 4 is 6.29 Å². The van der Waals surface area contributed by atoms with Gasteiger partial charge in [-0.3, -0.25) is 0 Å². The highest BCUT2D eigenvalue weighted by atomic mass is 16.6. The van der Waals surface area contributed by atoms with Crippen molar-refractivity contribution < 1.29 is 9.53 Å². The van der Waals surface area contributed by atoms with Gasteiger partial charge in [0, 0.05) is 0 Å². The lowest BCUT2D eigenvalue weighted by Gasteiger charge is -2.01. The molecule has 1 rings (SSSR count). The summed E-state index contributed by atoms with van der Waals surface area (Å²) in [6, 6.07) is 0. The molecule has 0 unspecified atom stereocenters. The molecule has 0 amide bonds. The standard InChI is InChI=1S/C7H12O2/c1-3-7(4-2)6(5-8)9-7/h5-6H,3-4H2,1-2H3/t6-/m0/s1. The monoisotopic (exact) mass is 128 g/mol. The first-order chi connectivity index (χ1) is 4.29. The Morgan fingerprint density at radius 1 is 1.56 bits per heavy atom. The van der Waals surface area contributed by atoms with Gasteiger partial charge in [-0.2, -0.15) is 0 Å². The highest BCUT2D eigenvalue weighted by molar-refractivity contribution is 5.62. The van der Waals surface area contributed by atoms with E-state index in [-0.39, 0.29) is 11.7 Å². The molecule has 1 atom stereocenters. The van der Waals surface area contributed by atoms with Crippen molar-refractivity contribution in [2.24, 2.45) is 0 Å². The van der Waals surface area contributed by atoms with Gasteiger partial charge in [0.1, 0.15) is 11.7 Å². The zero-order chi connectivity index (χ0) is 6.91. The van der Waals surface area contributed by atoms with Gasteiger partial charge in [-0.05, 0) is 12.8 Å². The zero-order valence-corrected chi connectivity index (χ0v) is 5.89. The van der Waals surface area contributed by atoms with Crippen LogP contribution in [0.3, 0.4) is 0 Å². The third kappa shape index (κ3) is 0.874. The summed E-state index contributed by atoms with van der Waals surface area (Å²) in [6.07, 6.45) is 2.69. The van der Waals surface area contributed by atoms with Crippen LogP contribution in [0.25, 0.3) is 0 Å². The van der Waals surface area contributed by atoms with E-state index in [4.69, 9.17) is 4.74 Å². The summed E-state index contributed by atoms with van der Waals surface area (Å²) in [5, 5.41) is 0. The number of epoxide rings is 1. The van der Waals surface area contributed by atoms with E-state index in [9.17, 15) is 4.79 Å². The lowest BCUT2D eigenvalue weighted by atomic mass is 10.0. The van der Waals surface area contributed by atoms with Crippen molar-refractivity contribution in [3.63, 3.8) is 0 Å². The van der Waals surface area contributed by atoms with E-state index in [0.29, 0.717) is 0 Å². The number of carbonyl (C=O) groups is 1. The normalized spacial score (nSPS) is 29.8. The molecule has 2 heteroatoms. The number of aldehydes is 1. The van der Waals surface area contributed by atoms with Gasteiger partial charge >= 0.3 is 0 Å². The number of ether oxygens (including phenoxy) is 1. The second kappa shape index (κ2) is 2.10. The molecule has 0 aromatic carbocycles. The molecule has 0 N–H and O–H groups in total. The average molecular weight is 128 g/mol. The Labute approximate surface area is 55.2 Å². The van der Waals surface area contributed by atoms with Gasteiger partial charge in [0.15, 0.2) is 6.29 Å². The molecule has 0 radical (unpaired) electrons. The Bertz CT molecular complexity index is 116. The maximum absolute atomic E-state index is 10.2. The summed E-state index contributed by atoms with van der Waals surface area (Å²) >= 11 is 0. The summed E-state index contributed by atoms with van der Waals surface area (Å²) in [5.74, 6) is 0. The Hall–Kier alpha value is -0.370. The largest absolute Gasteiger partial charge is 0.358 e. The Morgan fingerprint density at radius 3 is 2.22 bits per heavy atom. The van der Waals surface area contributed by atoms with Crippen molar-refractivity contribution in [3.8, 4) is 0 Å². The first-order valence-electron chi connectivity index (χ1n) is 3.42. The topological polar surface area (TPSA) is 29.6 Å². The molecule has 2 nitrogen and oxygen atoms in total. The Balaban J connectivity index is 2.46. The molecular weight excluding hydrogens is 116 g/mol. The fraction of sp³-hybridized carbons (Fsp3) is 0.857. The second-order valence-electron chi connectivity index (χ2n) is 2.45. The molecule has 9 heavy (non-hydrogen) atoms. The second-order valence-corrected chi connectivity index (χ2v) is 2.45. The number of carbonyl (C=O) groups excluding carboxylic acids is 1. The van der Waals surface area contributed by atoms with Crippen LogP contribution in [0.5, 0.6) is 0 Å². The molecule has 0 aromatic rings. The number of rotatable bonds is 3. The summed E-state index contributed by atoms with van der Waals surface area (Å²) in [7, 11) is 0. The fourth-order valence-electron chi connectivity index (χ4n) is 1.19.